The van der Waals surface area contributed by atoms with Gasteiger partial charge in [-0.1, -0.05) is 0 Å². The fourth-order valence-electron chi connectivity index (χ4n) is 4.24. The molecule has 1 atom stereocenters. The average molecular weight is 412 g/mol. The van der Waals surface area contributed by atoms with E-state index in [-0.39, 0.29) is 23.5 Å². The Bertz CT molecular complexity index is 796. The van der Waals surface area contributed by atoms with Crippen LogP contribution in [0.1, 0.15) is 44.8 Å². The molecule has 1 unspecified atom stereocenters. The summed E-state index contributed by atoms with van der Waals surface area (Å²) in [4.78, 5) is 17.2. The Kier molecular flexibility index (Phi) is 6.46. The Morgan fingerprint density at radius 1 is 1.32 bits per heavy atom. The van der Waals surface area contributed by atoms with Gasteiger partial charge in [0.15, 0.2) is 9.84 Å². The topological polar surface area (TPSA) is 87.5 Å². The molecule has 1 N–H and O–H groups in total. The maximum absolute atomic E-state index is 12.6. The Morgan fingerprint density at radius 2 is 2.00 bits per heavy atom. The van der Waals surface area contributed by atoms with Crippen LogP contribution in [0.15, 0.2) is 6.07 Å². The number of nitrogens with zero attached hydrogens (tertiary/aromatic N) is 4. The van der Waals surface area contributed by atoms with Gasteiger partial charge in [0.25, 0.3) is 0 Å². The molecule has 2 aliphatic heterocycles. The summed E-state index contributed by atoms with van der Waals surface area (Å²) in [5.74, 6) is 0.774. The molecule has 158 valence electrons. The molecule has 0 aliphatic carbocycles. The zero-order valence-corrected chi connectivity index (χ0v) is 18.2. The maximum Gasteiger partial charge on any atom is 0.239 e. The normalized spacial score (nSPS) is 23.6. The van der Waals surface area contributed by atoms with Gasteiger partial charge in [0.1, 0.15) is 5.82 Å². The van der Waals surface area contributed by atoms with E-state index < -0.39 is 9.84 Å². The van der Waals surface area contributed by atoms with Gasteiger partial charge in [-0.05, 0) is 60.2 Å². The van der Waals surface area contributed by atoms with E-state index in [0.717, 1.165) is 31.6 Å². The minimum absolute atomic E-state index is 0.0872. The fourth-order valence-corrected chi connectivity index (χ4v) is 5.93. The number of likely N-dealkylation sites (N-methyl/N-ethyl adjacent to an activating group) is 1. The number of rotatable bonds is 6. The summed E-state index contributed by atoms with van der Waals surface area (Å²) < 4.78 is 25.3. The van der Waals surface area contributed by atoms with Crippen LogP contribution in [0.2, 0.25) is 0 Å². The van der Waals surface area contributed by atoms with Gasteiger partial charge in [0.2, 0.25) is 5.91 Å². The number of aromatic nitrogens is 2. The van der Waals surface area contributed by atoms with Crippen molar-refractivity contribution in [1.29, 1.82) is 0 Å². The predicted molar refractivity (Wildman–Crippen MR) is 110 cm³/mol. The van der Waals surface area contributed by atoms with Crippen molar-refractivity contribution in [3.63, 3.8) is 0 Å². The first kappa shape index (κ1) is 21.3. The number of piperidine rings is 1. The average Bonchev–Trinajstić information content (AvgIpc) is 3.16. The zero-order chi connectivity index (χ0) is 20.5. The van der Waals surface area contributed by atoms with E-state index >= 15 is 0 Å². The van der Waals surface area contributed by atoms with Gasteiger partial charge in [-0.2, -0.15) is 5.10 Å². The van der Waals surface area contributed by atoms with Crippen molar-refractivity contribution in [3.05, 3.63) is 11.8 Å². The second kappa shape index (κ2) is 8.51. The molecule has 8 nitrogen and oxygen atoms in total. The van der Waals surface area contributed by atoms with E-state index in [9.17, 15) is 13.2 Å². The third-order valence-corrected chi connectivity index (χ3v) is 7.68. The van der Waals surface area contributed by atoms with Gasteiger partial charge in [0, 0.05) is 18.2 Å². The van der Waals surface area contributed by atoms with Gasteiger partial charge < -0.3 is 10.2 Å². The lowest BCUT2D eigenvalue weighted by atomic mass is 10.0. The maximum atomic E-state index is 12.6. The molecule has 0 radical (unpaired) electrons. The molecule has 0 bridgehead atoms. The minimum Gasteiger partial charge on any atom is -0.310 e. The first-order chi connectivity index (χ1) is 13.1. The number of carbonyl (C=O) groups is 1. The van der Waals surface area contributed by atoms with E-state index in [1.165, 1.54) is 0 Å². The SMILES string of the molecule is Cc1cc(NC(=O)CN(C)C2CCN(C(C)C)CC2)n(C2CCS(=O)(=O)C2)n1. The third kappa shape index (κ3) is 5.12. The molecule has 1 amide bonds. The minimum atomic E-state index is -3.01. The number of nitrogens with one attached hydrogen (secondary N) is 1. The van der Waals surface area contributed by atoms with Gasteiger partial charge in [-0.25, -0.2) is 13.1 Å². The molecule has 2 fully saturated rings. The highest BCUT2D eigenvalue weighted by molar-refractivity contribution is 7.91. The van der Waals surface area contributed by atoms with Crippen LogP contribution in [0.3, 0.4) is 0 Å². The van der Waals surface area contributed by atoms with Crippen LogP contribution >= 0.6 is 0 Å². The standard InChI is InChI=1S/C19H33N5O3S/c1-14(2)23-8-5-16(6-9-23)22(4)12-19(25)20-18-11-15(3)21-24(18)17-7-10-28(26,27)13-17/h11,14,16-17H,5-10,12-13H2,1-4H3,(H,20,25). The van der Waals surface area contributed by atoms with E-state index in [1.807, 2.05) is 20.0 Å². The number of likely N-dealkylation sites (tertiary alicyclic amines) is 1. The molecular weight excluding hydrogens is 378 g/mol. The summed E-state index contributed by atoms with van der Waals surface area (Å²) in [6, 6.07) is 2.58. The van der Waals surface area contributed by atoms with Crippen molar-refractivity contribution in [2.75, 3.05) is 43.5 Å². The van der Waals surface area contributed by atoms with Crippen molar-refractivity contribution in [2.24, 2.45) is 0 Å². The molecule has 3 heterocycles. The van der Waals surface area contributed by atoms with Gasteiger partial charge >= 0.3 is 0 Å². The summed E-state index contributed by atoms with van der Waals surface area (Å²) in [5.41, 5.74) is 0.772. The summed E-state index contributed by atoms with van der Waals surface area (Å²) >= 11 is 0. The smallest absolute Gasteiger partial charge is 0.239 e. The van der Waals surface area contributed by atoms with E-state index in [4.69, 9.17) is 0 Å². The number of aryl methyl sites for hydroxylation is 1. The Labute approximate surface area is 168 Å². The molecule has 2 aliphatic rings. The number of sulfone groups is 1. The van der Waals surface area contributed by atoms with Crippen LogP contribution in [0.5, 0.6) is 0 Å². The molecule has 3 rings (SSSR count). The Balaban J connectivity index is 1.57. The molecule has 0 aromatic carbocycles. The van der Waals surface area contributed by atoms with Crippen molar-refractivity contribution in [2.45, 2.75) is 58.2 Å². The van der Waals surface area contributed by atoms with E-state index in [0.29, 0.717) is 30.9 Å². The fraction of sp³-hybridized carbons (Fsp3) is 0.789. The van der Waals surface area contributed by atoms with Gasteiger partial charge in [0.05, 0.1) is 29.8 Å². The summed E-state index contributed by atoms with van der Waals surface area (Å²) in [7, 11) is -1.01. The highest BCUT2D eigenvalue weighted by Crippen LogP contribution is 2.27. The Morgan fingerprint density at radius 3 is 2.57 bits per heavy atom. The van der Waals surface area contributed by atoms with Crippen LogP contribution in [0.4, 0.5) is 5.82 Å². The predicted octanol–water partition coefficient (Wildman–Crippen LogP) is 1.29. The number of hydrogen-bond acceptors (Lipinski definition) is 6. The van der Waals surface area contributed by atoms with Crippen molar-refractivity contribution < 1.29 is 13.2 Å². The summed E-state index contributed by atoms with van der Waals surface area (Å²) in [6.07, 6.45) is 2.68. The molecule has 2 saturated heterocycles. The van der Waals surface area contributed by atoms with Crippen LogP contribution in [0.25, 0.3) is 0 Å². The second-order valence-corrected chi connectivity index (χ2v) is 10.7. The number of amides is 1. The summed E-state index contributed by atoms with van der Waals surface area (Å²) in [6.45, 7) is 8.74. The van der Waals surface area contributed by atoms with Gasteiger partial charge in [-0.15, -0.1) is 0 Å². The zero-order valence-electron chi connectivity index (χ0n) is 17.4. The van der Waals surface area contributed by atoms with E-state index in [2.05, 4.69) is 34.1 Å². The molecule has 1 aromatic heterocycles. The number of hydrogen-bond donors (Lipinski definition) is 1. The largest absolute Gasteiger partial charge is 0.310 e. The highest BCUT2D eigenvalue weighted by Gasteiger charge is 2.31. The van der Waals surface area contributed by atoms with Crippen LogP contribution < -0.4 is 5.32 Å². The lowest BCUT2D eigenvalue weighted by Gasteiger charge is -2.38. The lowest BCUT2D eigenvalue weighted by Crippen LogP contribution is -2.47. The van der Waals surface area contributed by atoms with Crippen LogP contribution in [-0.4, -0.2) is 84.2 Å². The monoisotopic (exact) mass is 411 g/mol. The van der Waals surface area contributed by atoms with Crippen LogP contribution in [0, 0.1) is 6.92 Å². The first-order valence-corrected chi connectivity index (χ1v) is 12.0. The number of anilines is 1. The first-order valence-electron chi connectivity index (χ1n) is 10.2. The highest BCUT2D eigenvalue weighted by atomic mass is 32.2. The number of carbonyl (C=O) groups excluding carboxylic acids is 1. The Hall–Kier alpha value is -1.45. The molecular formula is C19H33N5O3S. The van der Waals surface area contributed by atoms with Crippen molar-refractivity contribution in [1.82, 2.24) is 19.6 Å². The van der Waals surface area contributed by atoms with Crippen molar-refractivity contribution in [3.8, 4) is 0 Å². The van der Waals surface area contributed by atoms with Crippen molar-refractivity contribution >= 4 is 21.6 Å². The second-order valence-electron chi connectivity index (χ2n) is 8.50. The van der Waals surface area contributed by atoms with Crippen LogP contribution in [-0.2, 0) is 14.6 Å². The third-order valence-electron chi connectivity index (χ3n) is 5.93. The van der Waals surface area contributed by atoms with Gasteiger partial charge in [-0.3, -0.25) is 9.69 Å². The molecule has 9 heteroatoms. The molecule has 0 saturated carbocycles. The quantitative estimate of drug-likeness (QED) is 0.759. The van der Waals surface area contributed by atoms with E-state index in [1.54, 1.807) is 4.68 Å². The molecule has 28 heavy (non-hydrogen) atoms. The lowest BCUT2D eigenvalue weighted by molar-refractivity contribution is -0.117. The summed E-state index contributed by atoms with van der Waals surface area (Å²) in [5, 5.41) is 7.37. The molecule has 1 aromatic rings. The molecule has 0 spiro atoms.